The molecule has 6 aliphatic rings. The minimum atomic E-state index is -2.75. The summed E-state index contributed by atoms with van der Waals surface area (Å²) in [6.45, 7) is 2.49. The first-order chi connectivity index (χ1) is 21.2. The van der Waals surface area contributed by atoms with E-state index in [2.05, 4.69) is 122 Å². The van der Waals surface area contributed by atoms with Crippen molar-refractivity contribution in [1.29, 1.82) is 0 Å². The Hall–Kier alpha value is -2.31. The van der Waals surface area contributed by atoms with Crippen molar-refractivity contribution < 1.29 is 46.1 Å². The number of rotatable bonds is 5. The molecule has 4 aromatic carbocycles. The van der Waals surface area contributed by atoms with Crippen molar-refractivity contribution in [1.82, 2.24) is 0 Å². The smallest absolute Gasteiger partial charge is 1.00 e. The summed E-state index contributed by atoms with van der Waals surface area (Å²) in [4.78, 5) is 0. The van der Waals surface area contributed by atoms with Crippen molar-refractivity contribution in [2.45, 2.75) is 55.5 Å². The molecule has 0 spiro atoms. The molecule has 4 saturated carbocycles. The Morgan fingerprint density at radius 2 is 1.04 bits per heavy atom. The predicted octanol–water partition coefficient (Wildman–Crippen LogP) is 4.47. The molecule has 0 aliphatic heterocycles. The Bertz CT molecular complexity index is 1710. The van der Waals surface area contributed by atoms with Gasteiger partial charge in [-0.15, -0.1) is 0 Å². The molecule has 0 N–H and O–H groups in total. The molecule has 0 saturated heterocycles. The summed E-state index contributed by atoms with van der Waals surface area (Å²) in [6, 6.07) is 42.0. The summed E-state index contributed by atoms with van der Waals surface area (Å²) in [5.41, 5.74) is 12.9. The number of allylic oxidation sites excluding steroid dienone is 4. The third-order valence-electron chi connectivity index (χ3n) is 11.7. The monoisotopic (exact) mass is 704 g/mol. The SMILES string of the molecule is CC1=CC[C]([Zr+2](=[C](c2ccccc2)c2ccccc2)[CH]2c3ccccc3-c3ccccc32)=C1C12CC3CC(CC(C3)C1)C2.[Cl-].[Cl-]. The molecule has 0 radical (unpaired) electrons. The fourth-order valence-electron chi connectivity index (χ4n) is 10.7. The minimum Gasteiger partial charge on any atom is -1.00 e. The third kappa shape index (κ3) is 5.08. The van der Waals surface area contributed by atoms with Crippen LogP contribution in [-0.2, 0) is 21.3 Å². The second-order valence-corrected chi connectivity index (χ2v) is 20.4. The molecule has 0 heterocycles. The zero-order valence-corrected chi connectivity index (χ0v) is 30.0. The second kappa shape index (κ2) is 12.4. The first-order valence-corrected chi connectivity index (χ1v) is 20.5. The van der Waals surface area contributed by atoms with Crippen LogP contribution in [0.2, 0.25) is 0 Å². The Morgan fingerprint density at radius 3 is 1.53 bits per heavy atom. The molecule has 0 nitrogen and oxygen atoms in total. The maximum absolute atomic E-state index is 2.75. The molecule has 3 heteroatoms. The molecule has 4 bridgehead atoms. The van der Waals surface area contributed by atoms with Crippen LogP contribution in [0.1, 0.15) is 77.7 Å². The van der Waals surface area contributed by atoms with Gasteiger partial charge in [-0.3, -0.25) is 0 Å². The van der Waals surface area contributed by atoms with Gasteiger partial charge in [-0.1, -0.05) is 0 Å². The van der Waals surface area contributed by atoms with Crippen molar-refractivity contribution in [3.63, 3.8) is 0 Å². The molecule has 0 atom stereocenters. The standard InChI is InChI=1S/C16H21.C13H9.C13H10.2ClH.Zr/c1-11-3-2-4-15(11)16-8-12-5-13(9-16)7-14(6-12)10-16;1-3-7-12-10(5-1)9-11-6-2-4-8-13(11)12;1-3-7-12(8-4-1)11-13-9-5-2-6-10-13;;;/h3,12-14H,2,5-10H2,1H3;1-9H;1-10H;2*1H;/q;;;;;+2/p-2. The Labute approximate surface area is 289 Å². The quantitative estimate of drug-likeness (QED) is 0.288. The largest absolute Gasteiger partial charge is 1.00 e. The van der Waals surface area contributed by atoms with Crippen LogP contribution in [0, 0.1) is 23.2 Å². The van der Waals surface area contributed by atoms with Crippen LogP contribution < -0.4 is 24.8 Å². The molecule has 0 amide bonds. The van der Waals surface area contributed by atoms with Gasteiger partial charge in [0.25, 0.3) is 0 Å². The maximum atomic E-state index is 2.66. The van der Waals surface area contributed by atoms with Crippen molar-refractivity contribution >= 4 is 3.21 Å². The van der Waals surface area contributed by atoms with Crippen LogP contribution in [0.4, 0.5) is 0 Å². The summed E-state index contributed by atoms with van der Waals surface area (Å²) in [5.74, 6) is 2.88. The molecule has 0 unspecified atom stereocenters. The van der Waals surface area contributed by atoms with E-state index in [1.165, 1.54) is 67.2 Å². The molecule has 226 valence electrons. The third-order valence-corrected chi connectivity index (χ3v) is 20.1. The van der Waals surface area contributed by atoms with Crippen molar-refractivity contribution in [3.05, 3.63) is 152 Å². The van der Waals surface area contributed by atoms with Gasteiger partial charge in [0.2, 0.25) is 0 Å². The predicted molar refractivity (Wildman–Crippen MR) is 176 cm³/mol. The molecule has 10 rings (SSSR count). The average Bonchev–Trinajstić information content (AvgIpc) is 3.58. The molecule has 4 fully saturated rings. The summed E-state index contributed by atoms with van der Waals surface area (Å²) < 4.78 is 4.10. The zero-order chi connectivity index (χ0) is 28.5. The fourth-order valence-corrected chi connectivity index (χ4v) is 20.7. The van der Waals surface area contributed by atoms with Gasteiger partial charge in [0.1, 0.15) is 0 Å². The normalized spacial score (nSPS) is 25.4. The number of halogens is 2. The number of fused-ring (bicyclic) bond motifs is 3. The van der Waals surface area contributed by atoms with Crippen molar-refractivity contribution in [3.8, 4) is 11.1 Å². The van der Waals surface area contributed by atoms with Crippen molar-refractivity contribution in [2.24, 2.45) is 23.2 Å². The molecular formula is C42H40Cl2Zr. The Balaban J connectivity index is 0.00000163. The van der Waals surface area contributed by atoms with E-state index >= 15 is 0 Å². The second-order valence-electron chi connectivity index (χ2n) is 14.3. The molecular weight excluding hydrogens is 667 g/mol. The molecule has 6 aliphatic carbocycles. The first-order valence-electron chi connectivity index (χ1n) is 16.6. The van der Waals surface area contributed by atoms with E-state index in [1.54, 1.807) is 19.9 Å². The number of hydrogen-bond donors (Lipinski definition) is 0. The minimum absolute atomic E-state index is 0. The van der Waals surface area contributed by atoms with Gasteiger partial charge in [0.05, 0.1) is 0 Å². The molecule has 45 heavy (non-hydrogen) atoms. The fraction of sp³-hybridized carbons (Fsp3) is 0.310. The first kappa shape index (κ1) is 31.3. The van der Waals surface area contributed by atoms with E-state index in [9.17, 15) is 0 Å². The number of hydrogen-bond acceptors (Lipinski definition) is 0. The van der Waals surface area contributed by atoms with E-state index in [-0.39, 0.29) is 24.8 Å². The summed E-state index contributed by atoms with van der Waals surface area (Å²) in [6.07, 6.45) is 12.7. The van der Waals surface area contributed by atoms with Gasteiger partial charge in [0, 0.05) is 0 Å². The molecule has 0 aromatic heterocycles. The summed E-state index contributed by atoms with van der Waals surface area (Å²) in [5, 5.41) is 0. The van der Waals surface area contributed by atoms with Gasteiger partial charge in [-0.2, -0.15) is 0 Å². The van der Waals surface area contributed by atoms with Crippen LogP contribution in [0.3, 0.4) is 0 Å². The van der Waals surface area contributed by atoms with Gasteiger partial charge < -0.3 is 24.8 Å². The van der Waals surface area contributed by atoms with E-state index in [0.717, 1.165) is 17.8 Å². The molecule has 4 aromatic rings. The zero-order valence-electron chi connectivity index (χ0n) is 26.0. The van der Waals surface area contributed by atoms with Gasteiger partial charge >= 0.3 is 266 Å². The van der Waals surface area contributed by atoms with E-state index < -0.39 is 21.3 Å². The van der Waals surface area contributed by atoms with Crippen LogP contribution in [-0.4, -0.2) is 3.21 Å². The average molecular weight is 707 g/mol. The van der Waals surface area contributed by atoms with Crippen molar-refractivity contribution in [2.75, 3.05) is 0 Å². The van der Waals surface area contributed by atoms with Gasteiger partial charge in [-0.25, -0.2) is 0 Å². The topological polar surface area (TPSA) is 0 Å². The number of benzene rings is 4. The summed E-state index contributed by atoms with van der Waals surface area (Å²) in [7, 11) is 0. The van der Waals surface area contributed by atoms with Crippen LogP contribution in [0.15, 0.2) is 130 Å². The van der Waals surface area contributed by atoms with Gasteiger partial charge in [0.15, 0.2) is 0 Å². The van der Waals surface area contributed by atoms with E-state index in [1.807, 2.05) is 8.85 Å². The van der Waals surface area contributed by atoms with Crippen LogP contribution in [0.25, 0.3) is 11.1 Å². The van der Waals surface area contributed by atoms with Crippen LogP contribution in [0.5, 0.6) is 0 Å². The van der Waals surface area contributed by atoms with Gasteiger partial charge in [-0.05, 0) is 0 Å². The summed E-state index contributed by atoms with van der Waals surface area (Å²) >= 11 is -2.75. The Morgan fingerprint density at radius 1 is 0.600 bits per heavy atom. The van der Waals surface area contributed by atoms with E-state index in [4.69, 9.17) is 0 Å². The maximum Gasteiger partial charge on any atom is -1.00 e. The Kier molecular flexibility index (Phi) is 8.61. The van der Waals surface area contributed by atoms with Crippen LogP contribution >= 0.6 is 0 Å². The van der Waals surface area contributed by atoms with E-state index in [0.29, 0.717) is 9.04 Å².